The molecule has 2 saturated heterocycles. The van der Waals surface area contributed by atoms with Crippen molar-refractivity contribution in [3.05, 3.63) is 29.6 Å². The van der Waals surface area contributed by atoms with Gasteiger partial charge in [0.2, 0.25) is 5.60 Å². The first-order chi connectivity index (χ1) is 12.6. The minimum atomic E-state index is -1.89. The van der Waals surface area contributed by atoms with Gasteiger partial charge in [0, 0.05) is 12.6 Å². The standard InChI is InChI=1S/C17H16FN3O5S/c1-16(2)7-25-15(24)21(16)12(22)11-17(26-14(27)19-11)9-6-8(18)4-5-10(9)20(3)13(17)23/h4-6,11H,7H2,1-3H3,(H,19,27)/t11-,17-/m0/s1. The number of hydrogen-bond donors (Lipinski definition) is 1. The SMILES string of the molecule is CN1C(=O)[C@]2(OC(=S)N[C@H]2C(=O)N2C(=O)OCC2(C)C)c2cc(F)ccc21. The summed E-state index contributed by atoms with van der Waals surface area (Å²) in [5, 5.41) is 2.49. The van der Waals surface area contributed by atoms with Crippen LogP contribution in [0.15, 0.2) is 18.2 Å². The minimum absolute atomic E-state index is 0.0155. The number of thiocarbonyl (C=S) groups is 1. The molecule has 3 aliphatic heterocycles. The molecule has 2 atom stereocenters. The Hall–Kier alpha value is -2.75. The van der Waals surface area contributed by atoms with E-state index in [1.165, 1.54) is 24.1 Å². The third-order valence-corrected chi connectivity index (χ3v) is 5.27. The summed E-state index contributed by atoms with van der Waals surface area (Å²) in [4.78, 5) is 40.8. The summed E-state index contributed by atoms with van der Waals surface area (Å²) in [6.45, 7) is 3.33. The zero-order valence-corrected chi connectivity index (χ0v) is 15.6. The third-order valence-electron chi connectivity index (χ3n) is 5.07. The first-order valence-corrected chi connectivity index (χ1v) is 8.59. The van der Waals surface area contributed by atoms with Crippen LogP contribution in [-0.2, 0) is 24.7 Å². The van der Waals surface area contributed by atoms with Crippen molar-refractivity contribution in [1.82, 2.24) is 10.2 Å². The van der Waals surface area contributed by atoms with Crippen LogP contribution in [0.3, 0.4) is 0 Å². The summed E-state index contributed by atoms with van der Waals surface area (Å²) < 4.78 is 24.6. The Morgan fingerprint density at radius 1 is 1.37 bits per heavy atom. The molecule has 3 amide bonds. The summed E-state index contributed by atoms with van der Waals surface area (Å²) in [5.41, 5.74) is -2.24. The molecule has 1 aromatic rings. The second-order valence-corrected chi connectivity index (χ2v) is 7.64. The van der Waals surface area contributed by atoms with Crippen molar-refractivity contribution in [2.45, 2.75) is 31.0 Å². The van der Waals surface area contributed by atoms with Crippen LogP contribution < -0.4 is 10.2 Å². The maximum absolute atomic E-state index is 14.0. The van der Waals surface area contributed by atoms with Crippen molar-refractivity contribution in [3.63, 3.8) is 0 Å². The molecule has 0 aromatic heterocycles. The Bertz CT molecular complexity index is 920. The Balaban J connectivity index is 1.87. The maximum atomic E-state index is 14.0. The molecule has 0 saturated carbocycles. The first-order valence-electron chi connectivity index (χ1n) is 8.18. The Morgan fingerprint density at radius 3 is 2.70 bits per heavy atom. The van der Waals surface area contributed by atoms with Crippen molar-refractivity contribution < 1.29 is 28.2 Å². The lowest BCUT2D eigenvalue weighted by molar-refractivity contribution is -0.145. The number of imide groups is 1. The molecule has 0 aliphatic carbocycles. The van der Waals surface area contributed by atoms with Crippen LogP contribution in [0.5, 0.6) is 0 Å². The molecule has 4 rings (SSSR count). The van der Waals surface area contributed by atoms with Gasteiger partial charge in [0.25, 0.3) is 17.0 Å². The quantitative estimate of drug-likeness (QED) is 0.713. The van der Waals surface area contributed by atoms with Crippen molar-refractivity contribution in [2.75, 3.05) is 18.6 Å². The number of benzene rings is 1. The average molecular weight is 393 g/mol. The van der Waals surface area contributed by atoms with Gasteiger partial charge in [-0.05, 0) is 44.3 Å². The van der Waals surface area contributed by atoms with Crippen LogP contribution in [0, 0.1) is 5.82 Å². The molecule has 27 heavy (non-hydrogen) atoms. The fraction of sp³-hybridized carbons (Fsp3) is 0.412. The van der Waals surface area contributed by atoms with Crippen LogP contribution in [0.2, 0.25) is 0 Å². The number of carbonyl (C=O) groups is 3. The third kappa shape index (κ3) is 2.19. The van der Waals surface area contributed by atoms with Gasteiger partial charge in [0.15, 0.2) is 6.04 Å². The van der Waals surface area contributed by atoms with E-state index < -0.39 is 40.9 Å². The van der Waals surface area contributed by atoms with Crippen molar-refractivity contribution in [1.29, 1.82) is 0 Å². The van der Waals surface area contributed by atoms with E-state index >= 15 is 0 Å². The Labute approximate surface area is 159 Å². The number of halogens is 1. The maximum Gasteiger partial charge on any atom is 0.417 e. The van der Waals surface area contributed by atoms with Crippen molar-refractivity contribution in [2.24, 2.45) is 0 Å². The van der Waals surface area contributed by atoms with Crippen LogP contribution in [0.4, 0.5) is 14.9 Å². The second kappa shape index (κ2) is 5.38. The number of anilines is 1. The monoisotopic (exact) mass is 393 g/mol. The lowest BCUT2D eigenvalue weighted by Crippen LogP contribution is -2.60. The summed E-state index contributed by atoms with van der Waals surface area (Å²) in [6, 6.07) is 2.44. The fourth-order valence-corrected chi connectivity index (χ4v) is 4.02. The van der Waals surface area contributed by atoms with Gasteiger partial charge < -0.3 is 19.7 Å². The normalized spacial score (nSPS) is 28.3. The molecule has 10 heteroatoms. The van der Waals surface area contributed by atoms with Gasteiger partial charge in [-0.1, -0.05) is 0 Å². The highest BCUT2D eigenvalue weighted by atomic mass is 32.1. The molecule has 3 aliphatic rings. The molecule has 1 spiro atoms. The molecular weight excluding hydrogens is 377 g/mol. The smallest absolute Gasteiger partial charge is 0.417 e. The molecule has 142 valence electrons. The minimum Gasteiger partial charge on any atom is -0.447 e. The van der Waals surface area contributed by atoms with Gasteiger partial charge >= 0.3 is 6.09 Å². The highest BCUT2D eigenvalue weighted by Crippen LogP contribution is 2.47. The van der Waals surface area contributed by atoms with E-state index in [0.717, 1.165) is 11.0 Å². The van der Waals surface area contributed by atoms with Crippen LogP contribution in [0.25, 0.3) is 0 Å². The van der Waals surface area contributed by atoms with Crippen molar-refractivity contribution >= 4 is 41.0 Å². The molecular formula is C17H16FN3O5S. The zero-order valence-electron chi connectivity index (χ0n) is 14.7. The van der Waals surface area contributed by atoms with Gasteiger partial charge in [-0.2, -0.15) is 0 Å². The van der Waals surface area contributed by atoms with E-state index in [9.17, 15) is 18.8 Å². The number of carbonyl (C=O) groups excluding carboxylic acids is 3. The van der Waals surface area contributed by atoms with E-state index in [1.54, 1.807) is 13.8 Å². The number of amides is 3. The van der Waals surface area contributed by atoms with Crippen LogP contribution >= 0.6 is 12.2 Å². The van der Waals surface area contributed by atoms with Gasteiger partial charge in [-0.15, -0.1) is 0 Å². The molecule has 0 unspecified atom stereocenters. The van der Waals surface area contributed by atoms with E-state index in [1.807, 2.05) is 0 Å². The largest absolute Gasteiger partial charge is 0.447 e. The summed E-state index contributed by atoms with van der Waals surface area (Å²) in [7, 11) is 1.49. The van der Waals surface area contributed by atoms with Crippen molar-refractivity contribution in [3.8, 4) is 0 Å². The van der Waals surface area contributed by atoms with E-state index in [-0.39, 0.29) is 17.3 Å². The Morgan fingerprint density at radius 2 is 2.07 bits per heavy atom. The lowest BCUT2D eigenvalue weighted by atomic mass is 9.86. The number of likely N-dealkylation sites (N-methyl/N-ethyl adjacent to an activating group) is 1. The molecule has 0 bridgehead atoms. The predicted octanol–water partition coefficient (Wildman–Crippen LogP) is 1.03. The molecule has 2 fully saturated rings. The van der Waals surface area contributed by atoms with Gasteiger partial charge in [0.05, 0.1) is 11.2 Å². The lowest BCUT2D eigenvalue weighted by Gasteiger charge is -2.32. The summed E-state index contributed by atoms with van der Waals surface area (Å²) in [6.07, 6.45) is -0.821. The number of cyclic esters (lactones) is 1. The zero-order chi connectivity index (χ0) is 19.7. The summed E-state index contributed by atoms with van der Waals surface area (Å²) in [5.74, 6) is -1.91. The van der Waals surface area contributed by atoms with Gasteiger partial charge in [-0.3, -0.25) is 9.59 Å². The number of ether oxygens (including phenoxy) is 2. The molecule has 0 radical (unpaired) electrons. The number of rotatable bonds is 1. The summed E-state index contributed by atoms with van der Waals surface area (Å²) >= 11 is 5.05. The topological polar surface area (TPSA) is 88.2 Å². The highest BCUT2D eigenvalue weighted by Gasteiger charge is 2.66. The highest BCUT2D eigenvalue weighted by molar-refractivity contribution is 7.80. The van der Waals surface area contributed by atoms with Gasteiger partial charge in [-0.25, -0.2) is 14.1 Å². The molecule has 3 heterocycles. The van der Waals surface area contributed by atoms with E-state index in [4.69, 9.17) is 21.7 Å². The van der Waals surface area contributed by atoms with E-state index in [2.05, 4.69) is 5.32 Å². The fourth-order valence-electron chi connectivity index (χ4n) is 3.77. The molecule has 1 aromatic carbocycles. The molecule has 1 N–H and O–H groups in total. The van der Waals surface area contributed by atoms with Crippen LogP contribution in [-0.4, -0.2) is 53.2 Å². The first kappa shape index (κ1) is 17.7. The van der Waals surface area contributed by atoms with Crippen LogP contribution in [0.1, 0.15) is 19.4 Å². The number of hydrogen-bond acceptors (Lipinski definition) is 6. The second-order valence-electron chi connectivity index (χ2n) is 7.27. The Kier molecular flexibility index (Phi) is 3.52. The average Bonchev–Trinajstić information content (AvgIpc) is 3.15. The predicted molar refractivity (Wildman–Crippen MR) is 94.4 cm³/mol. The molecule has 8 nitrogen and oxygen atoms in total. The number of fused-ring (bicyclic) bond motifs is 2. The number of nitrogens with zero attached hydrogens (tertiary/aromatic N) is 2. The van der Waals surface area contributed by atoms with E-state index in [0.29, 0.717) is 5.69 Å². The number of nitrogens with one attached hydrogen (secondary N) is 1. The van der Waals surface area contributed by atoms with Gasteiger partial charge in [0.1, 0.15) is 12.4 Å².